The van der Waals surface area contributed by atoms with Crippen LogP contribution < -0.4 is 0 Å². The molecule has 1 saturated carbocycles. The maximum atomic E-state index is 11.5. The van der Waals surface area contributed by atoms with Crippen LogP contribution >= 0.6 is 0 Å². The average Bonchev–Trinajstić information content (AvgIpc) is 2.28. The zero-order chi connectivity index (χ0) is 9.92. The van der Waals surface area contributed by atoms with Gasteiger partial charge in [-0.15, -0.1) is 0 Å². The van der Waals surface area contributed by atoms with Crippen molar-refractivity contribution in [1.82, 2.24) is 0 Å². The van der Waals surface area contributed by atoms with Gasteiger partial charge in [-0.3, -0.25) is 9.59 Å². The van der Waals surface area contributed by atoms with E-state index in [1.54, 1.807) is 0 Å². The van der Waals surface area contributed by atoms with Gasteiger partial charge >= 0.3 is 11.9 Å². The Morgan fingerprint density at radius 2 is 2.21 bits per heavy atom. The SMILES string of the molecule is CC12C=CC3CCC3C1C(=O)OC2=O. The summed E-state index contributed by atoms with van der Waals surface area (Å²) in [5, 5.41) is 0. The molecule has 4 unspecified atom stereocenters. The molecule has 0 aromatic rings. The first kappa shape index (κ1) is 8.21. The van der Waals surface area contributed by atoms with Crippen molar-refractivity contribution < 1.29 is 14.3 Å². The number of ether oxygens (including phenoxy) is 1. The first-order valence-corrected chi connectivity index (χ1v) is 5.08. The highest BCUT2D eigenvalue weighted by molar-refractivity contribution is 6.00. The molecule has 0 amide bonds. The van der Waals surface area contributed by atoms with Crippen LogP contribution in [0.1, 0.15) is 19.8 Å². The molecule has 0 radical (unpaired) electrons. The van der Waals surface area contributed by atoms with E-state index in [1.165, 1.54) is 0 Å². The van der Waals surface area contributed by atoms with Crippen LogP contribution in [0.4, 0.5) is 0 Å². The maximum Gasteiger partial charge on any atom is 0.324 e. The summed E-state index contributed by atoms with van der Waals surface area (Å²) in [5.74, 6) is -0.0279. The molecule has 0 N–H and O–H groups in total. The Hall–Kier alpha value is -1.12. The van der Waals surface area contributed by atoms with E-state index in [4.69, 9.17) is 4.74 Å². The van der Waals surface area contributed by atoms with Crippen molar-refractivity contribution in [1.29, 1.82) is 0 Å². The lowest BCUT2D eigenvalue weighted by molar-refractivity contribution is -0.154. The summed E-state index contributed by atoms with van der Waals surface area (Å²) in [6.07, 6.45) is 6.17. The molecule has 0 spiro atoms. The lowest BCUT2D eigenvalue weighted by atomic mass is 9.56. The van der Waals surface area contributed by atoms with Gasteiger partial charge < -0.3 is 4.74 Å². The number of allylic oxidation sites excluding steroid dienone is 1. The predicted molar refractivity (Wildman–Crippen MR) is 48.1 cm³/mol. The second-order valence-electron chi connectivity index (χ2n) is 4.73. The molecule has 14 heavy (non-hydrogen) atoms. The van der Waals surface area contributed by atoms with Gasteiger partial charge in [0.15, 0.2) is 0 Å². The van der Waals surface area contributed by atoms with Crippen molar-refractivity contribution in [2.24, 2.45) is 23.2 Å². The van der Waals surface area contributed by atoms with Crippen molar-refractivity contribution in [3.05, 3.63) is 12.2 Å². The van der Waals surface area contributed by atoms with Crippen molar-refractivity contribution in [3.63, 3.8) is 0 Å². The number of fused-ring (bicyclic) bond motifs is 3. The van der Waals surface area contributed by atoms with Crippen LogP contribution in [0.2, 0.25) is 0 Å². The van der Waals surface area contributed by atoms with Crippen LogP contribution in [0.3, 0.4) is 0 Å². The smallest absolute Gasteiger partial charge is 0.324 e. The molecule has 1 heterocycles. The molecule has 0 aromatic heterocycles. The number of cyclic esters (lactones) is 2. The summed E-state index contributed by atoms with van der Waals surface area (Å²) in [5.41, 5.74) is -0.668. The summed E-state index contributed by atoms with van der Waals surface area (Å²) in [6, 6.07) is 0. The summed E-state index contributed by atoms with van der Waals surface area (Å²) in [7, 11) is 0. The topological polar surface area (TPSA) is 43.4 Å². The van der Waals surface area contributed by atoms with E-state index in [1.807, 2.05) is 13.0 Å². The van der Waals surface area contributed by atoms with E-state index < -0.39 is 5.41 Å². The molecule has 3 rings (SSSR count). The predicted octanol–water partition coefficient (Wildman–Crippen LogP) is 1.29. The van der Waals surface area contributed by atoms with Crippen LogP contribution in [0.25, 0.3) is 0 Å². The molecule has 74 valence electrons. The van der Waals surface area contributed by atoms with Gasteiger partial charge in [0.05, 0.1) is 11.3 Å². The second kappa shape index (κ2) is 2.27. The minimum absolute atomic E-state index is 0.209. The van der Waals surface area contributed by atoms with Gasteiger partial charge in [-0.25, -0.2) is 0 Å². The van der Waals surface area contributed by atoms with Crippen LogP contribution in [0, 0.1) is 23.2 Å². The van der Waals surface area contributed by atoms with E-state index in [0.717, 1.165) is 12.8 Å². The Morgan fingerprint density at radius 3 is 2.86 bits per heavy atom. The first-order valence-electron chi connectivity index (χ1n) is 5.08. The number of carbonyl (C=O) groups is 2. The van der Waals surface area contributed by atoms with Crippen LogP contribution in [0.5, 0.6) is 0 Å². The molecule has 2 aliphatic carbocycles. The fraction of sp³-hybridized carbons (Fsp3) is 0.636. The van der Waals surface area contributed by atoms with E-state index in [2.05, 4.69) is 6.08 Å². The first-order chi connectivity index (χ1) is 6.63. The molecule has 3 nitrogen and oxygen atoms in total. The Kier molecular flexibility index (Phi) is 1.33. The number of carbonyl (C=O) groups excluding carboxylic acids is 2. The summed E-state index contributed by atoms with van der Waals surface area (Å²) >= 11 is 0. The number of hydrogen-bond donors (Lipinski definition) is 0. The van der Waals surface area contributed by atoms with Crippen LogP contribution in [-0.2, 0) is 14.3 Å². The fourth-order valence-electron chi connectivity index (χ4n) is 2.96. The molecule has 1 saturated heterocycles. The van der Waals surface area contributed by atoms with Gasteiger partial charge in [0.2, 0.25) is 0 Å². The van der Waals surface area contributed by atoms with Crippen molar-refractivity contribution >= 4 is 11.9 Å². The van der Waals surface area contributed by atoms with Crippen LogP contribution in [-0.4, -0.2) is 11.9 Å². The van der Waals surface area contributed by atoms with Crippen LogP contribution in [0.15, 0.2) is 12.2 Å². The van der Waals surface area contributed by atoms with Gasteiger partial charge in [-0.05, 0) is 31.6 Å². The number of rotatable bonds is 0. The zero-order valence-electron chi connectivity index (χ0n) is 8.03. The molecule has 1 aliphatic heterocycles. The molecule has 0 bridgehead atoms. The third-order valence-corrected chi connectivity index (χ3v) is 4.03. The normalized spacial score (nSPS) is 49.4. The lowest BCUT2D eigenvalue weighted by Crippen LogP contribution is -2.44. The van der Waals surface area contributed by atoms with E-state index in [9.17, 15) is 9.59 Å². The minimum Gasteiger partial charge on any atom is -0.392 e. The Bertz CT molecular complexity index is 358. The maximum absolute atomic E-state index is 11.5. The fourth-order valence-corrected chi connectivity index (χ4v) is 2.96. The molecular weight excluding hydrogens is 180 g/mol. The lowest BCUT2D eigenvalue weighted by Gasteiger charge is -2.44. The third kappa shape index (κ3) is 0.740. The Morgan fingerprint density at radius 1 is 1.43 bits per heavy atom. The molecule has 4 atom stereocenters. The van der Waals surface area contributed by atoms with Gasteiger partial charge in [0.1, 0.15) is 0 Å². The van der Waals surface area contributed by atoms with E-state index in [-0.39, 0.29) is 17.9 Å². The minimum atomic E-state index is -0.668. The second-order valence-corrected chi connectivity index (χ2v) is 4.73. The molecule has 3 aliphatic rings. The van der Waals surface area contributed by atoms with Gasteiger partial charge in [-0.1, -0.05) is 12.2 Å². The third-order valence-electron chi connectivity index (χ3n) is 4.03. The monoisotopic (exact) mass is 192 g/mol. The molecule has 2 fully saturated rings. The highest BCUT2D eigenvalue weighted by atomic mass is 16.6. The number of esters is 2. The molecule has 0 aromatic carbocycles. The Balaban J connectivity index is 2.09. The van der Waals surface area contributed by atoms with E-state index >= 15 is 0 Å². The summed E-state index contributed by atoms with van der Waals surface area (Å²) in [6.45, 7) is 1.82. The van der Waals surface area contributed by atoms with Gasteiger partial charge in [0, 0.05) is 0 Å². The van der Waals surface area contributed by atoms with Gasteiger partial charge in [0.25, 0.3) is 0 Å². The highest BCUT2D eigenvalue weighted by Crippen LogP contribution is 2.55. The quantitative estimate of drug-likeness (QED) is 0.330. The van der Waals surface area contributed by atoms with Crippen molar-refractivity contribution in [3.8, 4) is 0 Å². The number of hydrogen-bond acceptors (Lipinski definition) is 3. The average molecular weight is 192 g/mol. The summed E-state index contributed by atoms with van der Waals surface area (Å²) < 4.78 is 4.73. The van der Waals surface area contributed by atoms with Gasteiger partial charge in [-0.2, -0.15) is 0 Å². The summed E-state index contributed by atoms with van der Waals surface area (Å²) in [4.78, 5) is 23.1. The Labute approximate surface area is 82.1 Å². The highest BCUT2D eigenvalue weighted by Gasteiger charge is 2.60. The molecule has 3 heteroatoms. The zero-order valence-corrected chi connectivity index (χ0v) is 8.03. The van der Waals surface area contributed by atoms with Crippen molar-refractivity contribution in [2.45, 2.75) is 19.8 Å². The molecular formula is C11H12O3. The largest absolute Gasteiger partial charge is 0.392 e. The van der Waals surface area contributed by atoms with Crippen molar-refractivity contribution in [2.75, 3.05) is 0 Å². The van der Waals surface area contributed by atoms with E-state index in [0.29, 0.717) is 11.8 Å². The standard InChI is InChI=1S/C11H12O3/c1-11-5-4-6-2-3-7(6)8(11)9(12)14-10(11)13/h4-8H,2-3H2,1H3.